The fourth-order valence-electron chi connectivity index (χ4n) is 2.56. The molecule has 18 heavy (non-hydrogen) atoms. The van der Waals surface area contributed by atoms with Gasteiger partial charge in [0.15, 0.2) is 0 Å². The van der Waals surface area contributed by atoms with E-state index in [-0.39, 0.29) is 36.7 Å². The summed E-state index contributed by atoms with van der Waals surface area (Å²) in [4.78, 5) is 38.1. The van der Waals surface area contributed by atoms with Gasteiger partial charge in [-0.15, -0.1) is 0 Å². The summed E-state index contributed by atoms with van der Waals surface area (Å²) in [6.45, 7) is 1.26. The van der Waals surface area contributed by atoms with Crippen LogP contribution in [0.4, 0.5) is 0 Å². The molecule has 1 atom stereocenters. The van der Waals surface area contributed by atoms with E-state index in [4.69, 9.17) is 5.84 Å². The summed E-state index contributed by atoms with van der Waals surface area (Å²) in [6.07, 6.45) is 2.44. The molecule has 3 N–H and O–H groups in total. The van der Waals surface area contributed by atoms with Crippen LogP contribution in [0.3, 0.4) is 0 Å². The molecule has 0 aromatic heterocycles. The Hall–Kier alpha value is -1.63. The standard InChI is InChI=1S/C11H18N4O3/c12-13-9(16)4-2-5-14-7-10(17)15-6-1-3-8(15)11(14)18/h8H,1-7,12H2,(H,13,16). The lowest BCUT2D eigenvalue weighted by Crippen LogP contribution is -2.57. The van der Waals surface area contributed by atoms with Crippen molar-refractivity contribution in [3.63, 3.8) is 0 Å². The van der Waals surface area contributed by atoms with Gasteiger partial charge < -0.3 is 9.80 Å². The lowest BCUT2D eigenvalue weighted by molar-refractivity contribution is -0.153. The molecule has 0 aliphatic carbocycles. The predicted molar refractivity (Wildman–Crippen MR) is 62.9 cm³/mol. The van der Waals surface area contributed by atoms with Gasteiger partial charge in [-0.05, 0) is 19.3 Å². The number of rotatable bonds is 4. The molecule has 1 unspecified atom stereocenters. The zero-order chi connectivity index (χ0) is 13.1. The van der Waals surface area contributed by atoms with E-state index in [1.54, 1.807) is 9.80 Å². The lowest BCUT2D eigenvalue weighted by Gasteiger charge is -2.36. The van der Waals surface area contributed by atoms with E-state index in [0.717, 1.165) is 12.8 Å². The van der Waals surface area contributed by atoms with Gasteiger partial charge in [-0.2, -0.15) is 0 Å². The minimum atomic E-state index is -0.269. The highest BCUT2D eigenvalue weighted by molar-refractivity contribution is 5.95. The van der Waals surface area contributed by atoms with Gasteiger partial charge >= 0.3 is 0 Å². The van der Waals surface area contributed by atoms with Crippen LogP contribution in [0.15, 0.2) is 0 Å². The van der Waals surface area contributed by atoms with Crippen molar-refractivity contribution in [1.82, 2.24) is 15.2 Å². The van der Waals surface area contributed by atoms with E-state index >= 15 is 0 Å². The van der Waals surface area contributed by atoms with Crippen LogP contribution < -0.4 is 11.3 Å². The van der Waals surface area contributed by atoms with E-state index in [1.807, 2.05) is 5.43 Å². The van der Waals surface area contributed by atoms with Crippen molar-refractivity contribution in [3.8, 4) is 0 Å². The number of nitrogens with one attached hydrogen (secondary N) is 1. The minimum Gasteiger partial charge on any atom is -0.332 e. The number of amides is 3. The molecular weight excluding hydrogens is 236 g/mol. The van der Waals surface area contributed by atoms with Crippen LogP contribution in [0.1, 0.15) is 25.7 Å². The number of hydrazine groups is 1. The maximum Gasteiger partial charge on any atom is 0.245 e. The van der Waals surface area contributed by atoms with Gasteiger partial charge in [0.2, 0.25) is 17.7 Å². The monoisotopic (exact) mass is 254 g/mol. The van der Waals surface area contributed by atoms with Gasteiger partial charge in [-0.1, -0.05) is 0 Å². The number of carbonyl (C=O) groups is 3. The minimum absolute atomic E-state index is 0.0141. The zero-order valence-corrected chi connectivity index (χ0v) is 10.2. The van der Waals surface area contributed by atoms with Crippen LogP contribution in [0.2, 0.25) is 0 Å². The van der Waals surface area contributed by atoms with E-state index in [1.165, 1.54) is 0 Å². The largest absolute Gasteiger partial charge is 0.332 e. The van der Waals surface area contributed by atoms with Gasteiger partial charge in [0.1, 0.15) is 6.04 Å². The molecule has 0 aromatic carbocycles. The highest BCUT2D eigenvalue weighted by Crippen LogP contribution is 2.23. The third-order valence-corrected chi connectivity index (χ3v) is 3.49. The number of carbonyl (C=O) groups excluding carboxylic acids is 3. The second kappa shape index (κ2) is 5.34. The highest BCUT2D eigenvalue weighted by Gasteiger charge is 2.41. The third-order valence-electron chi connectivity index (χ3n) is 3.49. The quantitative estimate of drug-likeness (QED) is 0.366. The molecule has 7 nitrogen and oxygen atoms in total. The Bertz CT molecular complexity index is 371. The number of hydrogen-bond donors (Lipinski definition) is 2. The first-order chi connectivity index (χ1) is 8.63. The molecule has 2 saturated heterocycles. The number of nitrogens with two attached hydrogens (primary N) is 1. The first kappa shape index (κ1) is 12.8. The molecule has 2 aliphatic rings. The highest BCUT2D eigenvalue weighted by atomic mass is 16.2. The predicted octanol–water partition coefficient (Wildman–Crippen LogP) is -1.41. The summed E-state index contributed by atoms with van der Waals surface area (Å²) in [5.41, 5.74) is 2.04. The summed E-state index contributed by atoms with van der Waals surface area (Å²) in [6, 6.07) is -0.269. The average molecular weight is 254 g/mol. The second-order valence-electron chi connectivity index (χ2n) is 4.68. The Balaban J connectivity index is 1.87. The van der Waals surface area contributed by atoms with Crippen molar-refractivity contribution in [1.29, 1.82) is 0 Å². The van der Waals surface area contributed by atoms with E-state index in [0.29, 0.717) is 19.5 Å². The normalized spacial score (nSPS) is 23.3. The van der Waals surface area contributed by atoms with Crippen LogP contribution in [-0.4, -0.2) is 53.2 Å². The van der Waals surface area contributed by atoms with Gasteiger partial charge in [-0.25, -0.2) is 5.84 Å². The maximum absolute atomic E-state index is 12.1. The third kappa shape index (κ3) is 2.45. The van der Waals surface area contributed by atoms with Crippen molar-refractivity contribution in [2.24, 2.45) is 5.84 Å². The lowest BCUT2D eigenvalue weighted by atomic mass is 10.1. The van der Waals surface area contributed by atoms with E-state index in [9.17, 15) is 14.4 Å². The molecule has 0 bridgehead atoms. The van der Waals surface area contributed by atoms with Crippen LogP contribution in [0, 0.1) is 0 Å². The van der Waals surface area contributed by atoms with Crippen LogP contribution in [-0.2, 0) is 14.4 Å². The first-order valence-corrected chi connectivity index (χ1v) is 6.21. The fourth-order valence-corrected chi connectivity index (χ4v) is 2.56. The molecule has 2 rings (SSSR count). The molecular formula is C11H18N4O3. The van der Waals surface area contributed by atoms with Crippen molar-refractivity contribution in [2.45, 2.75) is 31.7 Å². The van der Waals surface area contributed by atoms with Gasteiger partial charge in [-0.3, -0.25) is 19.8 Å². The van der Waals surface area contributed by atoms with Crippen LogP contribution >= 0.6 is 0 Å². The maximum atomic E-state index is 12.1. The van der Waals surface area contributed by atoms with Crippen molar-refractivity contribution in [2.75, 3.05) is 19.6 Å². The Morgan fingerprint density at radius 2 is 2.22 bits per heavy atom. The summed E-state index contributed by atoms with van der Waals surface area (Å²) in [5, 5.41) is 0. The van der Waals surface area contributed by atoms with Gasteiger partial charge in [0, 0.05) is 19.5 Å². The Kier molecular flexibility index (Phi) is 3.81. The Labute approximate surface area is 105 Å². The molecule has 3 amide bonds. The summed E-state index contributed by atoms with van der Waals surface area (Å²) < 4.78 is 0. The molecule has 2 fully saturated rings. The van der Waals surface area contributed by atoms with E-state index < -0.39 is 0 Å². The fraction of sp³-hybridized carbons (Fsp3) is 0.727. The number of nitrogens with zero attached hydrogens (tertiary/aromatic N) is 2. The van der Waals surface area contributed by atoms with Gasteiger partial charge in [0.05, 0.1) is 6.54 Å². The van der Waals surface area contributed by atoms with Crippen LogP contribution in [0.25, 0.3) is 0 Å². The second-order valence-corrected chi connectivity index (χ2v) is 4.68. The zero-order valence-electron chi connectivity index (χ0n) is 10.2. The van der Waals surface area contributed by atoms with E-state index in [2.05, 4.69) is 0 Å². The molecule has 100 valence electrons. The smallest absolute Gasteiger partial charge is 0.245 e. The average Bonchev–Trinajstić information content (AvgIpc) is 2.84. The molecule has 2 aliphatic heterocycles. The molecule has 0 saturated carbocycles. The number of fused-ring (bicyclic) bond motifs is 1. The van der Waals surface area contributed by atoms with Crippen LogP contribution in [0.5, 0.6) is 0 Å². The summed E-state index contributed by atoms with van der Waals surface area (Å²) >= 11 is 0. The topological polar surface area (TPSA) is 95.7 Å². The molecule has 0 radical (unpaired) electrons. The summed E-state index contributed by atoms with van der Waals surface area (Å²) in [5.74, 6) is 4.74. The molecule has 0 aromatic rings. The Morgan fingerprint density at radius 1 is 1.44 bits per heavy atom. The summed E-state index contributed by atoms with van der Waals surface area (Å²) in [7, 11) is 0. The Morgan fingerprint density at radius 3 is 2.94 bits per heavy atom. The molecule has 7 heteroatoms. The van der Waals surface area contributed by atoms with Gasteiger partial charge in [0.25, 0.3) is 0 Å². The molecule has 2 heterocycles. The number of hydrogen-bond acceptors (Lipinski definition) is 4. The number of piperazine rings is 1. The van der Waals surface area contributed by atoms with Crippen molar-refractivity contribution < 1.29 is 14.4 Å². The first-order valence-electron chi connectivity index (χ1n) is 6.21. The van der Waals surface area contributed by atoms with Crippen molar-refractivity contribution >= 4 is 17.7 Å². The molecule has 0 spiro atoms. The SMILES string of the molecule is NNC(=O)CCCN1CC(=O)N2CCCC2C1=O. The van der Waals surface area contributed by atoms with Crippen molar-refractivity contribution in [3.05, 3.63) is 0 Å².